The lowest BCUT2D eigenvalue weighted by atomic mass is 9.64. The van der Waals surface area contributed by atoms with Gasteiger partial charge in [0.15, 0.2) is 5.82 Å². The summed E-state index contributed by atoms with van der Waals surface area (Å²) in [6.07, 6.45) is -0.644. The Bertz CT molecular complexity index is 1380. The minimum absolute atomic E-state index is 0.0107. The molecule has 0 N–H and O–H groups in total. The first kappa shape index (κ1) is 26.9. The lowest BCUT2D eigenvalue weighted by Gasteiger charge is -2.46. The predicted octanol–water partition coefficient (Wildman–Crippen LogP) is 5.51. The van der Waals surface area contributed by atoms with E-state index in [-0.39, 0.29) is 53.5 Å². The number of alkyl halides is 1. The third-order valence-corrected chi connectivity index (χ3v) is 6.17. The highest BCUT2D eigenvalue weighted by Gasteiger charge is 2.51. The van der Waals surface area contributed by atoms with Gasteiger partial charge in [-0.2, -0.15) is 5.26 Å². The highest BCUT2D eigenvalue weighted by atomic mass is 19.1. The van der Waals surface area contributed by atoms with E-state index in [1.54, 1.807) is 20.8 Å². The molecule has 3 aromatic rings. The first-order chi connectivity index (χ1) is 18.0. The van der Waals surface area contributed by atoms with E-state index in [9.17, 15) is 23.2 Å². The number of hydrogen-bond acceptors (Lipinski definition) is 7. The zero-order valence-electron chi connectivity index (χ0n) is 21.3. The molecule has 2 heterocycles. The number of carbonyl (C=O) groups is 1. The van der Waals surface area contributed by atoms with E-state index in [2.05, 4.69) is 15.2 Å². The fraction of sp³-hybridized carbons (Fsp3) is 0.370. The minimum Gasteiger partial charge on any atom is -0.495 e. The number of nitrogens with zero attached hydrogens (tertiary/aromatic N) is 5. The highest BCUT2D eigenvalue weighted by Crippen LogP contribution is 2.46. The second-order valence-corrected chi connectivity index (χ2v) is 10.1. The number of aromatic nitrogens is 3. The molecule has 0 radical (unpaired) electrons. The standard InChI is InChI=1S/C27H26F3N5O3/c1-26(2,3)38-25(36)35(15-27(12-17(28)13-27)24-19(29)6-5-9-32-24)23-8-7-21(33-34-23)18-10-16(14-31)22(37-4)11-20(18)30/h5-11,17H,12-13,15H2,1-4H3. The first-order valence-corrected chi connectivity index (χ1v) is 11.8. The topological polar surface area (TPSA) is 101 Å². The maximum Gasteiger partial charge on any atom is 0.416 e. The number of pyridine rings is 1. The molecule has 8 nitrogen and oxygen atoms in total. The summed E-state index contributed by atoms with van der Waals surface area (Å²) in [6.45, 7) is 4.89. The van der Waals surface area contributed by atoms with E-state index in [0.29, 0.717) is 0 Å². The van der Waals surface area contributed by atoms with Crippen LogP contribution in [0.5, 0.6) is 5.75 Å². The smallest absolute Gasteiger partial charge is 0.416 e. The Balaban J connectivity index is 1.72. The number of rotatable bonds is 6. The van der Waals surface area contributed by atoms with Crippen LogP contribution in [0.1, 0.15) is 44.9 Å². The Hall–Kier alpha value is -4.20. The van der Waals surface area contributed by atoms with Crippen molar-refractivity contribution in [2.45, 2.75) is 50.8 Å². The number of nitriles is 1. The summed E-state index contributed by atoms with van der Waals surface area (Å²) in [7, 11) is 1.33. The van der Waals surface area contributed by atoms with Crippen molar-refractivity contribution in [1.29, 1.82) is 5.26 Å². The van der Waals surface area contributed by atoms with E-state index >= 15 is 0 Å². The van der Waals surface area contributed by atoms with Gasteiger partial charge >= 0.3 is 6.09 Å². The monoisotopic (exact) mass is 525 g/mol. The molecule has 4 rings (SSSR count). The van der Waals surface area contributed by atoms with Gasteiger partial charge in [0, 0.05) is 29.8 Å². The Morgan fingerprint density at radius 2 is 1.92 bits per heavy atom. The highest BCUT2D eigenvalue weighted by molar-refractivity contribution is 5.87. The molecule has 0 saturated heterocycles. The van der Waals surface area contributed by atoms with Gasteiger partial charge in [0.2, 0.25) is 0 Å². The Morgan fingerprint density at radius 1 is 1.18 bits per heavy atom. The van der Waals surface area contributed by atoms with Crippen LogP contribution in [0, 0.1) is 23.0 Å². The maximum atomic E-state index is 14.7. The molecule has 0 atom stereocenters. The molecule has 0 spiro atoms. The van der Waals surface area contributed by atoms with Crippen molar-refractivity contribution in [2.75, 3.05) is 18.6 Å². The van der Waals surface area contributed by atoms with Gasteiger partial charge < -0.3 is 9.47 Å². The molecular formula is C27H26F3N5O3. The quantitative estimate of drug-likeness (QED) is 0.418. The zero-order valence-corrected chi connectivity index (χ0v) is 21.3. The van der Waals surface area contributed by atoms with E-state index < -0.39 is 34.9 Å². The SMILES string of the molecule is COc1cc(F)c(-c2ccc(N(CC3(c4ncccc4F)CC(F)C3)C(=O)OC(C)(C)C)nn2)cc1C#N. The molecule has 1 fully saturated rings. The molecule has 0 aliphatic heterocycles. The second kappa shape index (κ2) is 10.3. The van der Waals surface area contributed by atoms with Crippen molar-refractivity contribution >= 4 is 11.9 Å². The van der Waals surface area contributed by atoms with E-state index in [0.717, 1.165) is 11.0 Å². The second-order valence-electron chi connectivity index (χ2n) is 10.1. The van der Waals surface area contributed by atoms with Crippen LogP contribution in [0.2, 0.25) is 0 Å². The number of carbonyl (C=O) groups excluding carboxylic acids is 1. The van der Waals surface area contributed by atoms with Gasteiger partial charge in [-0.25, -0.2) is 18.0 Å². The Labute approximate surface area is 218 Å². The van der Waals surface area contributed by atoms with E-state index in [1.807, 2.05) is 6.07 Å². The molecule has 1 saturated carbocycles. The summed E-state index contributed by atoms with van der Waals surface area (Å²) in [5.41, 5.74) is -1.70. The van der Waals surface area contributed by atoms with Crippen LogP contribution >= 0.6 is 0 Å². The molecule has 38 heavy (non-hydrogen) atoms. The summed E-state index contributed by atoms with van der Waals surface area (Å²) in [5.74, 6) is -1.17. The number of benzene rings is 1. The van der Waals surface area contributed by atoms with Crippen molar-refractivity contribution in [3.05, 3.63) is 65.5 Å². The number of ether oxygens (including phenoxy) is 2. The summed E-state index contributed by atoms with van der Waals surface area (Å²) in [5, 5.41) is 17.5. The Morgan fingerprint density at radius 3 is 2.47 bits per heavy atom. The molecule has 2 aromatic heterocycles. The van der Waals surface area contributed by atoms with Crippen molar-refractivity contribution in [3.8, 4) is 23.1 Å². The zero-order chi connectivity index (χ0) is 27.7. The van der Waals surface area contributed by atoms with E-state index in [4.69, 9.17) is 9.47 Å². The largest absolute Gasteiger partial charge is 0.495 e. The molecule has 1 aliphatic carbocycles. The fourth-order valence-corrected chi connectivity index (χ4v) is 4.44. The average molecular weight is 526 g/mol. The molecule has 0 unspecified atom stereocenters. The molecule has 11 heteroatoms. The average Bonchev–Trinajstić information content (AvgIpc) is 2.85. The molecular weight excluding hydrogens is 499 g/mol. The summed E-state index contributed by atoms with van der Waals surface area (Å²) >= 11 is 0. The summed E-state index contributed by atoms with van der Waals surface area (Å²) < 4.78 is 54.2. The molecule has 1 amide bonds. The van der Waals surface area contributed by atoms with Gasteiger partial charge in [-0.3, -0.25) is 9.88 Å². The third kappa shape index (κ3) is 5.39. The molecule has 198 valence electrons. The van der Waals surface area contributed by atoms with Gasteiger partial charge in [0.25, 0.3) is 0 Å². The van der Waals surface area contributed by atoms with Gasteiger partial charge in [0.1, 0.15) is 35.2 Å². The first-order valence-electron chi connectivity index (χ1n) is 11.8. The van der Waals surface area contributed by atoms with Crippen molar-refractivity contribution in [1.82, 2.24) is 15.2 Å². The van der Waals surface area contributed by atoms with Crippen LogP contribution in [0.4, 0.5) is 23.8 Å². The maximum absolute atomic E-state index is 14.7. The minimum atomic E-state index is -1.18. The van der Waals surface area contributed by atoms with Crippen molar-refractivity contribution < 1.29 is 27.4 Å². The number of hydrogen-bond donors (Lipinski definition) is 0. The summed E-state index contributed by atoms with van der Waals surface area (Å²) in [4.78, 5) is 18.6. The van der Waals surface area contributed by atoms with Crippen LogP contribution in [0.25, 0.3) is 11.3 Å². The fourth-order valence-electron chi connectivity index (χ4n) is 4.44. The molecule has 1 aliphatic rings. The third-order valence-electron chi connectivity index (χ3n) is 6.17. The van der Waals surface area contributed by atoms with Crippen molar-refractivity contribution in [3.63, 3.8) is 0 Å². The van der Waals surface area contributed by atoms with Gasteiger partial charge in [-0.15, -0.1) is 10.2 Å². The number of amides is 1. The van der Waals surface area contributed by atoms with E-state index in [1.165, 1.54) is 43.6 Å². The van der Waals surface area contributed by atoms with Gasteiger partial charge in [0.05, 0.1) is 24.1 Å². The number of methoxy groups -OCH3 is 1. The lowest BCUT2D eigenvalue weighted by molar-refractivity contribution is 0.0507. The normalized spacial score (nSPS) is 18.7. The van der Waals surface area contributed by atoms with Crippen LogP contribution < -0.4 is 9.64 Å². The Kier molecular flexibility index (Phi) is 7.26. The van der Waals surface area contributed by atoms with Gasteiger partial charge in [-0.1, -0.05) is 0 Å². The van der Waals surface area contributed by atoms with Crippen LogP contribution in [-0.4, -0.2) is 46.7 Å². The lowest BCUT2D eigenvalue weighted by Crippen LogP contribution is -2.54. The number of anilines is 1. The molecule has 0 bridgehead atoms. The van der Waals surface area contributed by atoms with Crippen LogP contribution in [0.15, 0.2) is 42.6 Å². The van der Waals surface area contributed by atoms with Crippen LogP contribution in [-0.2, 0) is 10.2 Å². The predicted molar refractivity (Wildman–Crippen MR) is 132 cm³/mol. The summed E-state index contributed by atoms with van der Waals surface area (Å²) in [6, 6.07) is 9.83. The van der Waals surface area contributed by atoms with Gasteiger partial charge in [-0.05, 0) is 63.9 Å². The molecule has 1 aromatic carbocycles. The van der Waals surface area contributed by atoms with Crippen LogP contribution in [0.3, 0.4) is 0 Å². The van der Waals surface area contributed by atoms with Crippen molar-refractivity contribution in [2.24, 2.45) is 0 Å². The number of halogens is 3.